The minimum Gasteiger partial charge on any atom is -0.468 e. The van der Waals surface area contributed by atoms with Gasteiger partial charge in [-0.05, 0) is 18.5 Å². The van der Waals surface area contributed by atoms with Crippen molar-refractivity contribution in [2.45, 2.75) is 38.2 Å². The number of rotatable bonds is 3. The Bertz CT molecular complexity index is 420. The molecule has 1 aromatic rings. The largest absolute Gasteiger partial charge is 0.468 e. The molecular formula is C14H20F2N2O. The molecule has 0 aliphatic carbocycles. The molecule has 0 N–H and O–H groups in total. The monoisotopic (exact) mass is 270 g/mol. The van der Waals surface area contributed by atoms with Crippen LogP contribution in [0.2, 0.25) is 0 Å². The Kier molecular flexibility index (Phi) is 4.04. The van der Waals surface area contributed by atoms with Crippen LogP contribution in [0.1, 0.15) is 31.7 Å². The lowest BCUT2D eigenvalue weighted by Gasteiger charge is -2.36. The first-order valence-corrected chi connectivity index (χ1v) is 6.57. The first kappa shape index (κ1) is 14.2. The minimum absolute atomic E-state index is 0.262. The quantitative estimate of drug-likeness (QED) is 0.844. The van der Waals surface area contributed by atoms with Gasteiger partial charge in [0.05, 0.1) is 6.54 Å². The summed E-state index contributed by atoms with van der Waals surface area (Å²) in [5.41, 5.74) is 1.07. The van der Waals surface area contributed by atoms with E-state index in [4.69, 9.17) is 4.74 Å². The zero-order chi connectivity index (χ0) is 14.0. The number of likely N-dealkylation sites (tertiary alicyclic amines) is 1. The average molecular weight is 270 g/mol. The normalized spacial score (nSPS) is 23.6. The molecule has 2 heterocycles. The standard InChI is InChI=1S/C14H20F2N2O/c1-10(2)11-4-5-13(17-8-11)19-12-6-7-18(3)9-14(12,15)16/h4-5,8,10,12H,6-7,9H2,1-3H3. The summed E-state index contributed by atoms with van der Waals surface area (Å²) in [7, 11) is 1.69. The Labute approximate surface area is 112 Å². The van der Waals surface area contributed by atoms with Gasteiger partial charge in [0.2, 0.25) is 5.88 Å². The zero-order valence-electron chi connectivity index (χ0n) is 11.6. The first-order chi connectivity index (χ1) is 8.88. The maximum Gasteiger partial charge on any atom is 0.296 e. The second-order valence-corrected chi connectivity index (χ2v) is 5.48. The van der Waals surface area contributed by atoms with Crippen molar-refractivity contribution < 1.29 is 13.5 Å². The lowest BCUT2D eigenvalue weighted by Crippen LogP contribution is -2.52. The summed E-state index contributed by atoms with van der Waals surface area (Å²) in [6.07, 6.45) is 0.922. The third kappa shape index (κ3) is 3.41. The summed E-state index contributed by atoms with van der Waals surface area (Å²) in [5.74, 6) is -2.18. The topological polar surface area (TPSA) is 25.4 Å². The lowest BCUT2D eigenvalue weighted by molar-refractivity contribution is -0.136. The molecule has 19 heavy (non-hydrogen) atoms. The molecule has 1 aliphatic rings. The van der Waals surface area contributed by atoms with E-state index in [9.17, 15) is 8.78 Å². The van der Waals surface area contributed by atoms with Crippen LogP contribution in [0.3, 0.4) is 0 Å². The first-order valence-electron chi connectivity index (χ1n) is 6.57. The van der Waals surface area contributed by atoms with Gasteiger partial charge >= 0.3 is 0 Å². The smallest absolute Gasteiger partial charge is 0.296 e. The van der Waals surface area contributed by atoms with Gasteiger partial charge in [-0.2, -0.15) is 0 Å². The van der Waals surface area contributed by atoms with E-state index in [1.54, 1.807) is 24.2 Å². The number of hydrogen-bond donors (Lipinski definition) is 0. The molecule has 0 bridgehead atoms. The molecule has 5 heteroatoms. The van der Waals surface area contributed by atoms with E-state index in [-0.39, 0.29) is 12.4 Å². The highest BCUT2D eigenvalue weighted by atomic mass is 19.3. The van der Waals surface area contributed by atoms with Gasteiger partial charge in [-0.25, -0.2) is 13.8 Å². The van der Waals surface area contributed by atoms with Crippen LogP contribution in [0.25, 0.3) is 0 Å². The van der Waals surface area contributed by atoms with Crippen LogP contribution in [0, 0.1) is 0 Å². The fourth-order valence-corrected chi connectivity index (χ4v) is 2.18. The fraction of sp³-hybridized carbons (Fsp3) is 0.643. The van der Waals surface area contributed by atoms with Crippen molar-refractivity contribution in [1.29, 1.82) is 0 Å². The third-order valence-corrected chi connectivity index (χ3v) is 3.41. The van der Waals surface area contributed by atoms with Crippen molar-refractivity contribution in [2.75, 3.05) is 20.1 Å². The second kappa shape index (κ2) is 5.41. The fourth-order valence-electron chi connectivity index (χ4n) is 2.18. The van der Waals surface area contributed by atoms with E-state index in [1.165, 1.54) is 0 Å². The van der Waals surface area contributed by atoms with Crippen LogP contribution in [-0.2, 0) is 0 Å². The van der Waals surface area contributed by atoms with Crippen molar-refractivity contribution in [1.82, 2.24) is 9.88 Å². The van der Waals surface area contributed by atoms with E-state index in [2.05, 4.69) is 18.8 Å². The van der Waals surface area contributed by atoms with Gasteiger partial charge in [0.25, 0.3) is 5.92 Å². The van der Waals surface area contributed by atoms with Crippen LogP contribution in [-0.4, -0.2) is 42.0 Å². The summed E-state index contributed by atoms with van der Waals surface area (Å²) in [6.45, 7) is 4.47. The second-order valence-electron chi connectivity index (χ2n) is 5.48. The van der Waals surface area contributed by atoms with Crippen molar-refractivity contribution in [3.63, 3.8) is 0 Å². The zero-order valence-corrected chi connectivity index (χ0v) is 11.6. The van der Waals surface area contributed by atoms with E-state index < -0.39 is 12.0 Å². The lowest BCUT2D eigenvalue weighted by atomic mass is 10.0. The molecular weight excluding hydrogens is 250 g/mol. The van der Waals surface area contributed by atoms with E-state index >= 15 is 0 Å². The van der Waals surface area contributed by atoms with Crippen molar-refractivity contribution >= 4 is 0 Å². The van der Waals surface area contributed by atoms with Gasteiger partial charge in [-0.3, -0.25) is 0 Å². The van der Waals surface area contributed by atoms with Crippen molar-refractivity contribution in [2.24, 2.45) is 0 Å². The maximum absolute atomic E-state index is 13.8. The van der Waals surface area contributed by atoms with Gasteiger partial charge in [0, 0.05) is 25.2 Å². The van der Waals surface area contributed by atoms with Crippen molar-refractivity contribution in [3.8, 4) is 5.88 Å². The molecule has 1 fully saturated rings. The summed E-state index contributed by atoms with van der Waals surface area (Å²) in [5, 5.41) is 0. The molecule has 3 nitrogen and oxygen atoms in total. The number of piperidine rings is 1. The molecule has 0 spiro atoms. The molecule has 1 saturated heterocycles. The summed E-state index contributed by atoms with van der Waals surface area (Å²) in [4.78, 5) is 5.73. The predicted octanol–water partition coefficient (Wildman–Crippen LogP) is 2.92. The number of nitrogens with zero attached hydrogens (tertiary/aromatic N) is 2. The predicted molar refractivity (Wildman–Crippen MR) is 69.8 cm³/mol. The molecule has 0 saturated carbocycles. The van der Waals surface area contributed by atoms with Gasteiger partial charge in [-0.1, -0.05) is 19.9 Å². The van der Waals surface area contributed by atoms with E-state index in [1.807, 2.05) is 6.07 Å². The van der Waals surface area contributed by atoms with Gasteiger partial charge in [-0.15, -0.1) is 0 Å². The van der Waals surface area contributed by atoms with Crippen molar-refractivity contribution in [3.05, 3.63) is 23.9 Å². The third-order valence-electron chi connectivity index (χ3n) is 3.41. The van der Waals surface area contributed by atoms with Crippen LogP contribution in [0.15, 0.2) is 18.3 Å². The van der Waals surface area contributed by atoms with Crippen LogP contribution < -0.4 is 4.74 Å². The Morgan fingerprint density at radius 2 is 2.16 bits per heavy atom. The maximum atomic E-state index is 13.8. The highest BCUT2D eigenvalue weighted by molar-refractivity contribution is 5.20. The van der Waals surface area contributed by atoms with Crippen LogP contribution in [0.5, 0.6) is 5.88 Å². The van der Waals surface area contributed by atoms with Crippen LogP contribution >= 0.6 is 0 Å². The number of alkyl halides is 2. The Morgan fingerprint density at radius 3 is 2.68 bits per heavy atom. The molecule has 1 aliphatic heterocycles. The molecule has 0 radical (unpaired) electrons. The summed E-state index contributed by atoms with van der Waals surface area (Å²) >= 11 is 0. The van der Waals surface area contributed by atoms with Gasteiger partial charge in [0.1, 0.15) is 0 Å². The van der Waals surface area contributed by atoms with E-state index in [0.717, 1.165) is 5.56 Å². The minimum atomic E-state index is -2.83. The molecule has 1 aromatic heterocycles. The number of pyridine rings is 1. The van der Waals surface area contributed by atoms with E-state index in [0.29, 0.717) is 18.9 Å². The summed E-state index contributed by atoms with van der Waals surface area (Å²) < 4.78 is 33.0. The molecule has 1 unspecified atom stereocenters. The number of hydrogen-bond acceptors (Lipinski definition) is 3. The molecule has 106 valence electrons. The average Bonchev–Trinajstić information content (AvgIpc) is 2.33. The Morgan fingerprint density at radius 1 is 1.42 bits per heavy atom. The highest BCUT2D eigenvalue weighted by Crippen LogP contribution is 2.30. The number of ether oxygens (including phenoxy) is 1. The molecule has 0 aromatic carbocycles. The molecule has 2 rings (SSSR count). The Balaban J connectivity index is 2.04. The summed E-state index contributed by atoms with van der Waals surface area (Å²) in [6, 6.07) is 3.55. The van der Waals surface area contributed by atoms with Gasteiger partial charge in [0.15, 0.2) is 6.10 Å². The highest BCUT2D eigenvalue weighted by Gasteiger charge is 2.45. The Hall–Kier alpha value is -1.23. The SMILES string of the molecule is CC(C)c1ccc(OC2CCN(C)CC2(F)F)nc1. The number of aromatic nitrogens is 1. The van der Waals surface area contributed by atoms with Crippen LogP contribution in [0.4, 0.5) is 8.78 Å². The number of halogens is 2. The van der Waals surface area contributed by atoms with Gasteiger partial charge < -0.3 is 9.64 Å². The molecule has 1 atom stereocenters. The molecule has 0 amide bonds.